The predicted molar refractivity (Wildman–Crippen MR) is 118 cm³/mol. The van der Waals surface area contributed by atoms with Gasteiger partial charge in [0, 0.05) is 5.56 Å². The molecule has 1 saturated carbocycles. The summed E-state index contributed by atoms with van der Waals surface area (Å²) >= 11 is 0. The van der Waals surface area contributed by atoms with Crippen molar-refractivity contribution < 1.29 is 10.2 Å². The molecule has 0 amide bonds. The van der Waals surface area contributed by atoms with Gasteiger partial charge in [0.2, 0.25) is 0 Å². The minimum atomic E-state index is -0.0301. The van der Waals surface area contributed by atoms with Gasteiger partial charge >= 0.3 is 0 Å². The molecule has 2 nitrogen and oxygen atoms in total. The zero-order valence-electron chi connectivity index (χ0n) is 18.6. The normalized spacial score (nSPS) is 24.9. The molecular formula is C26H40O2. The molecule has 0 unspecified atom stereocenters. The summed E-state index contributed by atoms with van der Waals surface area (Å²) in [5.41, 5.74) is 3.19. The lowest BCUT2D eigenvalue weighted by atomic mass is 9.68. The molecule has 1 fully saturated rings. The van der Waals surface area contributed by atoms with Gasteiger partial charge in [-0.2, -0.15) is 0 Å². The Kier molecular flexibility index (Phi) is 6.47. The summed E-state index contributed by atoms with van der Waals surface area (Å²) in [7, 11) is 0. The maximum absolute atomic E-state index is 11.0. The summed E-state index contributed by atoms with van der Waals surface area (Å²) < 4.78 is 0. The van der Waals surface area contributed by atoms with Gasteiger partial charge in [-0.25, -0.2) is 0 Å². The first kappa shape index (κ1) is 21.3. The third kappa shape index (κ3) is 4.26. The third-order valence-electron chi connectivity index (χ3n) is 7.78. The van der Waals surface area contributed by atoms with Crippen LogP contribution in [0.1, 0.15) is 103 Å². The van der Waals surface area contributed by atoms with Crippen LogP contribution in [-0.4, -0.2) is 10.2 Å². The minimum Gasteiger partial charge on any atom is -0.508 e. The first-order valence-corrected chi connectivity index (χ1v) is 11.4. The molecule has 0 saturated heterocycles. The van der Waals surface area contributed by atoms with Crippen LogP contribution in [0.3, 0.4) is 0 Å². The Bertz CT molecular complexity index is 682. The monoisotopic (exact) mass is 384 g/mol. The van der Waals surface area contributed by atoms with Crippen molar-refractivity contribution in [2.24, 2.45) is 17.8 Å². The molecule has 0 bridgehead atoms. The molecule has 156 valence electrons. The molecule has 0 aliphatic heterocycles. The molecule has 2 aliphatic carbocycles. The van der Waals surface area contributed by atoms with Crippen molar-refractivity contribution in [3.05, 3.63) is 34.9 Å². The summed E-state index contributed by atoms with van der Waals surface area (Å²) in [6.07, 6.45) is 12.1. The van der Waals surface area contributed by atoms with Gasteiger partial charge in [0.25, 0.3) is 0 Å². The molecule has 0 radical (unpaired) electrons. The van der Waals surface area contributed by atoms with Crippen LogP contribution in [0, 0.1) is 17.8 Å². The fraction of sp³-hybridized carbons (Fsp3) is 0.692. The maximum atomic E-state index is 11.0. The lowest BCUT2D eigenvalue weighted by Crippen LogP contribution is -2.29. The molecule has 1 aromatic carbocycles. The van der Waals surface area contributed by atoms with E-state index in [1.807, 2.05) is 12.1 Å². The Morgan fingerprint density at radius 1 is 0.964 bits per heavy atom. The summed E-state index contributed by atoms with van der Waals surface area (Å²) in [6, 6.07) is 3.93. The maximum Gasteiger partial charge on any atom is 0.123 e. The van der Waals surface area contributed by atoms with Crippen LogP contribution in [0.15, 0.2) is 23.8 Å². The number of hydrogen-bond donors (Lipinski definition) is 2. The van der Waals surface area contributed by atoms with Crippen LogP contribution in [-0.2, 0) is 5.41 Å². The van der Waals surface area contributed by atoms with Crippen LogP contribution in [0.25, 0.3) is 0 Å². The van der Waals surface area contributed by atoms with Gasteiger partial charge in [-0.15, -0.1) is 0 Å². The van der Waals surface area contributed by atoms with E-state index >= 15 is 0 Å². The van der Waals surface area contributed by atoms with E-state index in [0.29, 0.717) is 29.3 Å². The molecule has 0 aromatic heterocycles. The quantitative estimate of drug-likeness (QED) is 0.418. The van der Waals surface area contributed by atoms with Crippen LogP contribution in [0.5, 0.6) is 11.5 Å². The largest absolute Gasteiger partial charge is 0.508 e. The SMILES string of the molecule is CC1=CC[C@@H](C(C)C)[C@H](c2c(O)cc(C(C)(C)C3CCCCCC3)cc2O)C1. The molecule has 0 heterocycles. The number of hydrogen-bond acceptors (Lipinski definition) is 2. The van der Waals surface area contributed by atoms with Crippen LogP contribution >= 0.6 is 0 Å². The van der Waals surface area contributed by atoms with Crippen molar-refractivity contribution in [3.8, 4) is 11.5 Å². The van der Waals surface area contributed by atoms with E-state index in [-0.39, 0.29) is 11.3 Å². The number of allylic oxidation sites excluding steroid dienone is 2. The zero-order chi connectivity index (χ0) is 20.5. The third-order valence-corrected chi connectivity index (χ3v) is 7.78. The van der Waals surface area contributed by atoms with Gasteiger partial charge in [0.1, 0.15) is 11.5 Å². The molecule has 1 aromatic rings. The Morgan fingerprint density at radius 2 is 1.54 bits per heavy atom. The Hall–Kier alpha value is -1.44. The summed E-state index contributed by atoms with van der Waals surface area (Å²) in [5.74, 6) is 2.38. The number of phenols is 2. The van der Waals surface area contributed by atoms with Crippen molar-refractivity contribution >= 4 is 0 Å². The Morgan fingerprint density at radius 3 is 2.07 bits per heavy atom. The van der Waals surface area contributed by atoms with Gasteiger partial charge in [-0.1, -0.05) is 65.0 Å². The van der Waals surface area contributed by atoms with Crippen molar-refractivity contribution in [2.45, 2.75) is 97.3 Å². The van der Waals surface area contributed by atoms with Crippen LogP contribution < -0.4 is 0 Å². The highest BCUT2D eigenvalue weighted by atomic mass is 16.3. The van der Waals surface area contributed by atoms with Gasteiger partial charge in [0.05, 0.1) is 0 Å². The molecule has 2 atom stereocenters. The molecule has 3 rings (SSSR count). The first-order valence-electron chi connectivity index (χ1n) is 11.4. The van der Waals surface area contributed by atoms with Crippen LogP contribution in [0.4, 0.5) is 0 Å². The van der Waals surface area contributed by atoms with Crippen LogP contribution in [0.2, 0.25) is 0 Å². The first-order chi connectivity index (χ1) is 13.2. The molecule has 2 heteroatoms. The Labute approximate surface area is 172 Å². The van der Waals surface area contributed by atoms with E-state index in [9.17, 15) is 10.2 Å². The summed E-state index contributed by atoms with van der Waals surface area (Å²) in [6.45, 7) is 11.3. The lowest BCUT2D eigenvalue weighted by molar-refractivity contribution is 0.278. The molecule has 28 heavy (non-hydrogen) atoms. The highest BCUT2D eigenvalue weighted by Crippen LogP contribution is 2.50. The van der Waals surface area contributed by atoms with Gasteiger partial charge < -0.3 is 10.2 Å². The lowest BCUT2D eigenvalue weighted by Gasteiger charge is -2.37. The van der Waals surface area contributed by atoms with E-state index in [2.05, 4.69) is 40.7 Å². The van der Waals surface area contributed by atoms with Gasteiger partial charge in [0.15, 0.2) is 0 Å². The average molecular weight is 385 g/mol. The van der Waals surface area contributed by atoms with E-state index in [4.69, 9.17) is 0 Å². The van der Waals surface area contributed by atoms with E-state index in [1.165, 1.54) is 44.1 Å². The van der Waals surface area contributed by atoms with E-state index in [0.717, 1.165) is 24.0 Å². The fourth-order valence-corrected chi connectivity index (χ4v) is 5.75. The highest BCUT2D eigenvalue weighted by molar-refractivity contribution is 5.51. The number of rotatable bonds is 4. The van der Waals surface area contributed by atoms with Gasteiger partial charge in [-0.05, 0) is 79.4 Å². The summed E-state index contributed by atoms with van der Waals surface area (Å²) in [5, 5.41) is 22.1. The minimum absolute atomic E-state index is 0.0301. The Balaban J connectivity index is 1.95. The predicted octanol–water partition coefficient (Wildman–Crippen LogP) is 7.44. The van der Waals surface area contributed by atoms with Crippen molar-refractivity contribution in [1.82, 2.24) is 0 Å². The second-order valence-electron chi connectivity index (χ2n) is 10.3. The molecular weight excluding hydrogens is 344 g/mol. The standard InChI is InChI=1S/C26H40O2/c1-17(2)21-13-12-18(3)14-22(21)25-23(27)15-20(16-24(25)28)26(4,5)19-10-8-6-7-9-11-19/h12,15-17,19,21-22,27-28H,6-11,13-14H2,1-5H3/t21-,22+/m0/s1. The van der Waals surface area contributed by atoms with Crippen molar-refractivity contribution in [2.75, 3.05) is 0 Å². The number of aromatic hydroxyl groups is 2. The molecule has 2 N–H and O–H groups in total. The topological polar surface area (TPSA) is 40.5 Å². The summed E-state index contributed by atoms with van der Waals surface area (Å²) in [4.78, 5) is 0. The molecule has 2 aliphatic rings. The second kappa shape index (κ2) is 8.51. The zero-order valence-corrected chi connectivity index (χ0v) is 18.6. The smallest absolute Gasteiger partial charge is 0.123 e. The van der Waals surface area contributed by atoms with E-state index < -0.39 is 0 Å². The van der Waals surface area contributed by atoms with Crippen molar-refractivity contribution in [3.63, 3.8) is 0 Å². The fourth-order valence-electron chi connectivity index (χ4n) is 5.75. The molecule has 0 spiro atoms. The number of phenolic OH excluding ortho intramolecular Hbond substituents is 2. The van der Waals surface area contributed by atoms with E-state index in [1.54, 1.807) is 0 Å². The highest BCUT2D eigenvalue weighted by Gasteiger charge is 2.36. The number of benzene rings is 1. The van der Waals surface area contributed by atoms with Crippen molar-refractivity contribution in [1.29, 1.82) is 0 Å². The van der Waals surface area contributed by atoms with Gasteiger partial charge in [-0.3, -0.25) is 0 Å². The second-order valence-corrected chi connectivity index (χ2v) is 10.3. The average Bonchev–Trinajstić information content (AvgIpc) is 2.91.